The highest BCUT2D eigenvalue weighted by molar-refractivity contribution is 7.07. The molecule has 7 nitrogen and oxygen atoms in total. The molecule has 41 heavy (non-hydrogen) atoms. The highest BCUT2D eigenvalue weighted by Gasteiger charge is 2.33. The van der Waals surface area contributed by atoms with E-state index in [0.29, 0.717) is 50.3 Å². The molecule has 0 aliphatic carbocycles. The summed E-state index contributed by atoms with van der Waals surface area (Å²) in [6.45, 7) is 6.50. The summed E-state index contributed by atoms with van der Waals surface area (Å²) in [6, 6.07) is 21.7. The Balaban J connectivity index is 1.58. The van der Waals surface area contributed by atoms with Crippen LogP contribution in [0, 0.1) is 0 Å². The van der Waals surface area contributed by atoms with Crippen LogP contribution in [0.5, 0.6) is 11.5 Å². The quantitative estimate of drug-likeness (QED) is 0.244. The highest BCUT2D eigenvalue weighted by Crippen LogP contribution is 2.31. The van der Waals surface area contributed by atoms with Crippen molar-refractivity contribution in [3.63, 3.8) is 0 Å². The van der Waals surface area contributed by atoms with E-state index in [0.717, 1.165) is 16.7 Å². The molecule has 0 N–H and O–H groups in total. The summed E-state index contributed by atoms with van der Waals surface area (Å²) in [6.07, 6.45) is 1.80. The zero-order valence-corrected chi connectivity index (χ0v) is 24.5. The summed E-state index contributed by atoms with van der Waals surface area (Å²) < 4.78 is 19.1. The average Bonchev–Trinajstić information content (AvgIpc) is 3.26. The van der Waals surface area contributed by atoms with Gasteiger partial charge in [0.2, 0.25) is 0 Å². The van der Waals surface area contributed by atoms with Crippen molar-refractivity contribution in [1.82, 2.24) is 4.57 Å². The minimum atomic E-state index is -0.697. The fraction of sp³-hybridized carbons (Fsp3) is 0.219. The molecule has 4 aromatic rings. The Morgan fingerprint density at radius 3 is 2.54 bits per heavy atom. The number of allylic oxidation sites excluding steroid dienone is 1. The molecule has 9 heteroatoms. The number of carbonyl (C=O) groups is 1. The maximum Gasteiger partial charge on any atom is 0.338 e. The van der Waals surface area contributed by atoms with Gasteiger partial charge in [0.1, 0.15) is 18.1 Å². The number of halogens is 1. The number of rotatable bonds is 9. The number of fused-ring (bicyclic) bond motifs is 1. The highest BCUT2D eigenvalue weighted by atomic mass is 35.5. The van der Waals surface area contributed by atoms with Crippen LogP contribution in [-0.4, -0.2) is 23.8 Å². The van der Waals surface area contributed by atoms with E-state index in [-0.39, 0.29) is 12.2 Å². The summed E-state index contributed by atoms with van der Waals surface area (Å²) >= 11 is 7.39. The smallest absolute Gasteiger partial charge is 0.338 e. The van der Waals surface area contributed by atoms with Crippen molar-refractivity contribution in [3.05, 3.63) is 125 Å². The molecule has 0 unspecified atom stereocenters. The van der Waals surface area contributed by atoms with Gasteiger partial charge in [-0.3, -0.25) is 9.36 Å². The van der Waals surface area contributed by atoms with Gasteiger partial charge in [0.25, 0.3) is 5.56 Å². The SMILES string of the molecule is CCOC(=O)C1=C(C)N=c2s/c(=C\c3ccccc3OCc3cccc(Cl)c3)c(=O)n2[C@@H]1c1ccc(OCC)cc1. The fourth-order valence-corrected chi connectivity index (χ4v) is 5.93. The number of hydrogen-bond donors (Lipinski definition) is 0. The number of hydrogen-bond acceptors (Lipinski definition) is 7. The molecule has 1 aromatic heterocycles. The van der Waals surface area contributed by atoms with E-state index in [1.807, 2.05) is 79.7 Å². The molecule has 0 saturated heterocycles. The lowest BCUT2D eigenvalue weighted by atomic mass is 9.96. The largest absolute Gasteiger partial charge is 0.494 e. The summed E-state index contributed by atoms with van der Waals surface area (Å²) in [7, 11) is 0. The number of aromatic nitrogens is 1. The Morgan fingerprint density at radius 2 is 1.80 bits per heavy atom. The fourth-order valence-electron chi connectivity index (χ4n) is 4.68. The molecule has 0 fully saturated rings. The molecule has 210 valence electrons. The van der Waals surface area contributed by atoms with E-state index < -0.39 is 12.0 Å². The van der Waals surface area contributed by atoms with Gasteiger partial charge in [-0.1, -0.05) is 65.4 Å². The molecule has 1 aliphatic rings. The molecule has 0 spiro atoms. The first-order chi connectivity index (χ1) is 19.9. The molecule has 0 bridgehead atoms. The van der Waals surface area contributed by atoms with Crippen LogP contribution in [0.1, 0.15) is 43.5 Å². The van der Waals surface area contributed by atoms with Gasteiger partial charge in [0.15, 0.2) is 4.80 Å². The monoisotopic (exact) mass is 588 g/mol. The molecule has 5 rings (SSSR count). The van der Waals surface area contributed by atoms with Gasteiger partial charge in [-0.25, -0.2) is 9.79 Å². The Morgan fingerprint density at radius 1 is 1.02 bits per heavy atom. The second kappa shape index (κ2) is 12.6. The number of benzene rings is 3. The molecule has 0 saturated carbocycles. The van der Waals surface area contributed by atoms with E-state index in [2.05, 4.69) is 4.99 Å². The van der Waals surface area contributed by atoms with E-state index in [1.54, 1.807) is 24.5 Å². The Hall–Kier alpha value is -4.14. The zero-order chi connectivity index (χ0) is 28.9. The first-order valence-corrected chi connectivity index (χ1v) is 14.5. The van der Waals surface area contributed by atoms with E-state index >= 15 is 0 Å². The third kappa shape index (κ3) is 6.14. The van der Waals surface area contributed by atoms with Gasteiger partial charge in [-0.15, -0.1) is 0 Å². The van der Waals surface area contributed by atoms with Crippen LogP contribution < -0.4 is 24.4 Å². The molecule has 3 aromatic carbocycles. The van der Waals surface area contributed by atoms with Crippen LogP contribution in [0.2, 0.25) is 5.02 Å². The maximum atomic E-state index is 14.0. The molecule has 2 heterocycles. The molecular formula is C32H29ClN2O5S. The third-order valence-electron chi connectivity index (χ3n) is 6.51. The summed E-state index contributed by atoms with van der Waals surface area (Å²) in [5.41, 5.74) is 3.03. The van der Waals surface area contributed by atoms with Crippen LogP contribution in [0.25, 0.3) is 6.08 Å². The topological polar surface area (TPSA) is 79.1 Å². The maximum absolute atomic E-state index is 14.0. The predicted molar refractivity (Wildman–Crippen MR) is 160 cm³/mol. The van der Waals surface area contributed by atoms with Gasteiger partial charge >= 0.3 is 5.97 Å². The molecular weight excluding hydrogens is 560 g/mol. The van der Waals surface area contributed by atoms with E-state index in [9.17, 15) is 9.59 Å². The Kier molecular flexibility index (Phi) is 8.71. The first-order valence-electron chi connectivity index (χ1n) is 13.3. The summed E-state index contributed by atoms with van der Waals surface area (Å²) in [5, 5.41) is 0.639. The standard InChI is InChI=1S/C32H29ClN2O5S/c1-4-38-25-15-13-22(14-16-25)29-28(31(37)39-5-2)20(3)34-32-35(29)30(36)27(41-32)18-23-10-6-7-12-26(23)40-19-21-9-8-11-24(33)17-21/h6-18,29H,4-5,19H2,1-3H3/b27-18-/t29-/m1/s1. The normalized spacial score (nSPS) is 14.8. The van der Waals surface area contributed by atoms with Crippen molar-refractivity contribution in [2.45, 2.75) is 33.4 Å². The van der Waals surface area contributed by atoms with E-state index in [4.69, 9.17) is 25.8 Å². The summed E-state index contributed by atoms with van der Waals surface area (Å²) in [5.74, 6) is 0.836. The van der Waals surface area contributed by atoms with Crippen molar-refractivity contribution in [3.8, 4) is 11.5 Å². The molecule has 1 aliphatic heterocycles. The minimum absolute atomic E-state index is 0.210. The first kappa shape index (κ1) is 28.4. The van der Waals surface area contributed by atoms with Gasteiger partial charge in [0, 0.05) is 10.6 Å². The van der Waals surface area contributed by atoms with Crippen molar-refractivity contribution in [2.75, 3.05) is 13.2 Å². The van der Waals surface area contributed by atoms with Crippen molar-refractivity contribution in [2.24, 2.45) is 4.99 Å². The number of nitrogens with zero attached hydrogens (tertiary/aromatic N) is 2. The number of thiazole rings is 1. The van der Waals surface area contributed by atoms with Crippen LogP contribution in [-0.2, 0) is 16.1 Å². The molecule has 0 amide bonds. The summed E-state index contributed by atoms with van der Waals surface area (Å²) in [4.78, 5) is 32.2. The lowest BCUT2D eigenvalue weighted by Crippen LogP contribution is -2.39. The average molecular weight is 589 g/mol. The number of esters is 1. The second-order valence-electron chi connectivity index (χ2n) is 9.26. The number of para-hydroxylation sites is 1. The second-order valence-corrected chi connectivity index (χ2v) is 10.7. The number of carbonyl (C=O) groups excluding carboxylic acids is 1. The Bertz CT molecular complexity index is 1790. The molecule has 0 radical (unpaired) electrons. The van der Waals surface area contributed by atoms with Gasteiger partial charge in [-0.2, -0.15) is 0 Å². The zero-order valence-electron chi connectivity index (χ0n) is 22.9. The van der Waals surface area contributed by atoms with Crippen molar-refractivity contribution in [1.29, 1.82) is 0 Å². The van der Waals surface area contributed by atoms with Gasteiger partial charge in [-0.05, 0) is 68.3 Å². The lowest BCUT2D eigenvalue weighted by Gasteiger charge is -2.24. The van der Waals surface area contributed by atoms with Gasteiger partial charge in [0.05, 0.1) is 35.1 Å². The van der Waals surface area contributed by atoms with Gasteiger partial charge < -0.3 is 14.2 Å². The number of ether oxygens (including phenoxy) is 3. The van der Waals surface area contributed by atoms with Crippen LogP contribution >= 0.6 is 22.9 Å². The molecule has 1 atom stereocenters. The predicted octanol–water partition coefficient (Wildman–Crippen LogP) is 5.43. The van der Waals surface area contributed by atoms with Crippen LogP contribution in [0.15, 0.2) is 93.9 Å². The lowest BCUT2D eigenvalue weighted by molar-refractivity contribution is -0.139. The van der Waals surface area contributed by atoms with E-state index in [1.165, 1.54) is 11.3 Å². The van der Waals surface area contributed by atoms with Crippen LogP contribution in [0.3, 0.4) is 0 Å². The third-order valence-corrected chi connectivity index (χ3v) is 7.73. The minimum Gasteiger partial charge on any atom is -0.494 e. The van der Waals surface area contributed by atoms with Crippen LogP contribution in [0.4, 0.5) is 0 Å². The van der Waals surface area contributed by atoms with Crippen molar-refractivity contribution < 1.29 is 19.0 Å². The Labute approximate surface area is 246 Å². The van der Waals surface area contributed by atoms with Crippen molar-refractivity contribution >= 4 is 35.0 Å².